The van der Waals surface area contributed by atoms with Gasteiger partial charge in [0.2, 0.25) is 0 Å². The van der Waals surface area contributed by atoms with Gasteiger partial charge >= 0.3 is 11.9 Å². The number of imidazole rings is 1. The van der Waals surface area contributed by atoms with E-state index in [1.54, 1.807) is 7.05 Å². The van der Waals surface area contributed by atoms with Crippen LogP contribution >= 0.6 is 0 Å². The predicted octanol–water partition coefficient (Wildman–Crippen LogP) is 0.137. The molecule has 0 unspecified atom stereocenters. The standard InChI is InChI=1S/C13H15F3N4O3/c1-18-6-17-9-8(18)10(21)20(11(22)19(9)2)5-7-3-12(23,4-7)13(14,15)16/h6-7,23H,3-5H2,1-2H3. The van der Waals surface area contributed by atoms with Crippen LogP contribution in [0.1, 0.15) is 12.8 Å². The molecule has 1 N–H and O–H groups in total. The Morgan fingerprint density at radius 3 is 2.52 bits per heavy atom. The lowest BCUT2D eigenvalue weighted by atomic mass is 9.70. The summed E-state index contributed by atoms with van der Waals surface area (Å²) in [5.74, 6) is -0.585. The lowest BCUT2D eigenvalue weighted by molar-refractivity contribution is -0.299. The molecular formula is C13H15F3N4O3. The molecule has 0 amide bonds. The first-order valence-corrected chi connectivity index (χ1v) is 6.95. The summed E-state index contributed by atoms with van der Waals surface area (Å²) in [6.45, 7) is -0.162. The van der Waals surface area contributed by atoms with E-state index in [1.165, 1.54) is 22.5 Å². The maximum Gasteiger partial charge on any atom is 0.417 e. The lowest BCUT2D eigenvalue weighted by Crippen LogP contribution is -2.57. The van der Waals surface area contributed by atoms with Gasteiger partial charge in [0.25, 0.3) is 5.56 Å². The summed E-state index contributed by atoms with van der Waals surface area (Å²) in [5, 5.41) is 9.46. The third kappa shape index (κ3) is 2.19. The number of alkyl halides is 3. The van der Waals surface area contributed by atoms with Gasteiger partial charge in [-0.3, -0.25) is 13.9 Å². The topological polar surface area (TPSA) is 82.1 Å². The summed E-state index contributed by atoms with van der Waals surface area (Å²) in [6, 6.07) is 0. The van der Waals surface area contributed by atoms with Crippen molar-refractivity contribution in [1.82, 2.24) is 18.7 Å². The van der Waals surface area contributed by atoms with Crippen LogP contribution in [-0.4, -0.2) is 35.6 Å². The van der Waals surface area contributed by atoms with E-state index < -0.39 is 41.8 Å². The fourth-order valence-electron chi connectivity index (χ4n) is 3.07. The minimum Gasteiger partial charge on any atom is -0.380 e. The van der Waals surface area contributed by atoms with E-state index in [-0.39, 0.29) is 17.7 Å². The molecule has 2 aromatic rings. The average Bonchev–Trinajstić information content (AvgIpc) is 2.79. The molecule has 23 heavy (non-hydrogen) atoms. The SMILES string of the molecule is Cn1cnc2c1c(=O)n(CC1CC(O)(C(F)(F)F)C1)c(=O)n2C. The second kappa shape index (κ2) is 4.70. The molecule has 126 valence electrons. The summed E-state index contributed by atoms with van der Waals surface area (Å²) in [4.78, 5) is 28.6. The number of aliphatic hydroxyl groups is 1. The van der Waals surface area contributed by atoms with Crippen LogP contribution < -0.4 is 11.2 Å². The molecule has 0 radical (unpaired) electrons. The van der Waals surface area contributed by atoms with E-state index in [1.807, 2.05) is 0 Å². The first kappa shape index (κ1) is 15.8. The van der Waals surface area contributed by atoms with E-state index >= 15 is 0 Å². The molecule has 10 heteroatoms. The summed E-state index contributed by atoms with van der Waals surface area (Å²) in [5.41, 5.74) is -3.52. The number of hydrogen-bond acceptors (Lipinski definition) is 4. The molecule has 7 nitrogen and oxygen atoms in total. The van der Waals surface area contributed by atoms with Crippen molar-refractivity contribution in [2.75, 3.05) is 0 Å². The number of aromatic nitrogens is 4. The highest BCUT2D eigenvalue weighted by molar-refractivity contribution is 5.69. The molecule has 1 aliphatic rings. The first-order chi connectivity index (χ1) is 10.5. The van der Waals surface area contributed by atoms with Crippen LogP contribution in [0.25, 0.3) is 11.2 Å². The van der Waals surface area contributed by atoms with Crippen LogP contribution in [0.3, 0.4) is 0 Å². The third-order valence-electron chi connectivity index (χ3n) is 4.42. The Labute approximate surface area is 127 Å². The minimum atomic E-state index is -4.70. The minimum absolute atomic E-state index is 0.162. The van der Waals surface area contributed by atoms with Crippen LogP contribution in [0, 0.1) is 5.92 Å². The zero-order valence-corrected chi connectivity index (χ0v) is 12.5. The monoisotopic (exact) mass is 332 g/mol. The predicted molar refractivity (Wildman–Crippen MR) is 73.9 cm³/mol. The Kier molecular flexibility index (Phi) is 3.22. The van der Waals surface area contributed by atoms with Gasteiger partial charge in [-0.05, 0) is 18.8 Å². The van der Waals surface area contributed by atoms with E-state index in [0.29, 0.717) is 0 Å². The van der Waals surface area contributed by atoms with Gasteiger partial charge in [0.05, 0.1) is 6.33 Å². The molecule has 0 spiro atoms. The molecule has 0 aromatic carbocycles. The van der Waals surface area contributed by atoms with Crippen molar-refractivity contribution in [1.29, 1.82) is 0 Å². The molecule has 2 heterocycles. The Hall–Kier alpha value is -2.10. The molecule has 1 aliphatic carbocycles. The average molecular weight is 332 g/mol. The molecule has 0 atom stereocenters. The second-order valence-electron chi connectivity index (χ2n) is 6.09. The highest BCUT2D eigenvalue weighted by Gasteiger charge is 2.61. The van der Waals surface area contributed by atoms with Gasteiger partial charge in [0, 0.05) is 20.6 Å². The summed E-state index contributed by atoms with van der Waals surface area (Å²) >= 11 is 0. The van der Waals surface area contributed by atoms with Crippen LogP contribution in [0.4, 0.5) is 13.2 Å². The smallest absolute Gasteiger partial charge is 0.380 e. The maximum atomic E-state index is 12.6. The Bertz CT molecular complexity index is 887. The number of hydrogen-bond donors (Lipinski definition) is 1. The molecule has 0 aliphatic heterocycles. The van der Waals surface area contributed by atoms with Gasteiger partial charge in [-0.25, -0.2) is 9.78 Å². The highest BCUT2D eigenvalue weighted by Crippen LogP contribution is 2.48. The number of aryl methyl sites for hydroxylation is 2. The molecular weight excluding hydrogens is 317 g/mol. The van der Waals surface area contributed by atoms with E-state index in [0.717, 1.165) is 4.57 Å². The van der Waals surface area contributed by atoms with E-state index in [4.69, 9.17) is 0 Å². The number of rotatable bonds is 2. The van der Waals surface area contributed by atoms with Crippen LogP contribution in [0.5, 0.6) is 0 Å². The normalized spacial score (nSPS) is 24.9. The second-order valence-corrected chi connectivity index (χ2v) is 6.09. The van der Waals surface area contributed by atoms with Crippen molar-refractivity contribution >= 4 is 11.2 Å². The highest BCUT2D eigenvalue weighted by atomic mass is 19.4. The Balaban J connectivity index is 1.96. The van der Waals surface area contributed by atoms with Crippen molar-refractivity contribution in [3.8, 4) is 0 Å². The van der Waals surface area contributed by atoms with Gasteiger partial charge < -0.3 is 9.67 Å². The van der Waals surface area contributed by atoms with Crippen molar-refractivity contribution in [2.24, 2.45) is 20.0 Å². The van der Waals surface area contributed by atoms with E-state index in [9.17, 15) is 27.9 Å². The molecule has 1 fully saturated rings. The maximum absolute atomic E-state index is 12.6. The van der Waals surface area contributed by atoms with Gasteiger partial charge in [-0.1, -0.05) is 0 Å². The number of halogens is 3. The number of fused-ring (bicyclic) bond motifs is 1. The Morgan fingerprint density at radius 1 is 1.35 bits per heavy atom. The van der Waals surface area contributed by atoms with Crippen molar-refractivity contribution in [2.45, 2.75) is 31.2 Å². The zero-order chi connectivity index (χ0) is 17.2. The van der Waals surface area contributed by atoms with E-state index in [2.05, 4.69) is 4.98 Å². The van der Waals surface area contributed by atoms with Gasteiger partial charge in [0.15, 0.2) is 16.8 Å². The fourth-order valence-corrected chi connectivity index (χ4v) is 3.07. The van der Waals surface area contributed by atoms with Gasteiger partial charge in [-0.2, -0.15) is 13.2 Å². The zero-order valence-electron chi connectivity index (χ0n) is 12.5. The van der Waals surface area contributed by atoms with Crippen molar-refractivity contribution < 1.29 is 18.3 Å². The van der Waals surface area contributed by atoms with Crippen molar-refractivity contribution in [3.63, 3.8) is 0 Å². The molecule has 3 rings (SSSR count). The van der Waals surface area contributed by atoms with Crippen LogP contribution in [0.15, 0.2) is 15.9 Å². The summed E-state index contributed by atoms with van der Waals surface area (Å²) in [7, 11) is 3.04. The molecule has 0 saturated heterocycles. The molecule has 2 aromatic heterocycles. The van der Waals surface area contributed by atoms with Crippen LogP contribution in [0.2, 0.25) is 0 Å². The van der Waals surface area contributed by atoms with Gasteiger partial charge in [-0.15, -0.1) is 0 Å². The summed E-state index contributed by atoms with van der Waals surface area (Å²) < 4.78 is 41.5. The van der Waals surface area contributed by atoms with Crippen LogP contribution in [-0.2, 0) is 20.6 Å². The largest absolute Gasteiger partial charge is 0.417 e. The first-order valence-electron chi connectivity index (χ1n) is 6.95. The molecule has 1 saturated carbocycles. The van der Waals surface area contributed by atoms with Crippen molar-refractivity contribution in [3.05, 3.63) is 27.2 Å². The summed E-state index contributed by atoms with van der Waals surface area (Å²) in [6.07, 6.45) is -4.35. The van der Waals surface area contributed by atoms with Gasteiger partial charge in [0.1, 0.15) is 0 Å². The number of nitrogens with zero attached hydrogens (tertiary/aromatic N) is 4. The quantitative estimate of drug-likeness (QED) is 0.848. The Morgan fingerprint density at radius 2 is 1.96 bits per heavy atom. The lowest BCUT2D eigenvalue weighted by Gasteiger charge is -2.44. The third-order valence-corrected chi connectivity index (χ3v) is 4.42. The molecule has 0 bridgehead atoms. The fraction of sp³-hybridized carbons (Fsp3) is 0.615.